The highest BCUT2D eigenvalue weighted by Crippen LogP contribution is 2.17. The van der Waals surface area contributed by atoms with E-state index in [0.29, 0.717) is 23.5 Å². The van der Waals surface area contributed by atoms with E-state index < -0.39 is 10.0 Å². The van der Waals surface area contributed by atoms with Crippen molar-refractivity contribution in [2.24, 2.45) is 0 Å². The predicted octanol–water partition coefficient (Wildman–Crippen LogP) is 4.58. The van der Waals surface area contributed by atoms with Crippen molar-refractivity contribution in [2.75, 3.05) is 10.0 Å². The first-order valence-electron chi connectivity index (χ1n) is 10.0. The topological polar surface area (TPSA) is 101 Å². The number of unbranched alkanes of at least 4 members (excludes halogenated alkanes) is 5. The molecule has 0 aliphatic rings. The van der Waals surface area contributed by atoms with Gasteiger partial charge in [-0.15, -0.1) is 0 Å². The summed E-state index contributed by atoms with van der Waals surface area (Å²) in [5.41, 5.74) is 1.93. The van der Waals surface area contributed by atoms with Gasteiger partial charge in [0, 0.05) is 23.5 Å². The number of aromatic nitrogens is 2. The molecular formula is C21H30N4O3S. The summed E-state index contributed by atoms with van der Waals surface area (Å²) in [4.78, 5) is 20.3. The first-order chi connectivity index (χ1) is 13.8. The molecule has 0 fully saturated rings. The van der Waals surface area contributed by atoms with Crippen molar-refractivity contribution in [3.63, 3.8) is 0 Å². The molecule has 0 radical (unpaired) electrons. The highest BCUT2D eigenvalue weighted by molar-refractivity contribution is 7.92. The van der Waals surface area contributed by atoms with Crippen LogP contribution in [0.2, 0.25) is 0 Å². The molecule has 0 aliphatic heterocycles. The predicted molar refractivity (Wildman–Crippen MR) is 115 cm³/mol. The van der Waals surface area contributed by atoms with E-state index >= 15 is 0 Å². The van der Waals surface area contributed by atoms with Crippen LogP contribution in [0, 0.1) is 13.8 Å². The third-order valence-electron chi connectivity index (χ3n) is 4.41. The second-order valence-corrected chi connectivity index (χ2v) is 8.85. The maximum Gasteiger partial charge on any atom is 0.264 e. The number of carbonyl (C=O) groups is 1. The molecule has 8 heteroatoms. The van der Waals surface area contributed by atoms with E-state index in [9.17, 15) is 13.2 Å². The fraction of sp³-hybridized carbons (Fsp3) is 0.476. The summed E-state index contributed by atoms with van der Waals surface area (Å²) in [7, 11) is -3.81. The zero-order valence-corrected chi connectivity index (χ0v) is 18.2. The minimum absolute atomic E-state index is 0.0406. The number of nitrogens with zero attached hydrogens (tertiary/aromatic N) is 2. The summed E-state index contributed by atoms with van der Waals surface area (Å²) >= 11 is 0. The van der Waals surface area contributed by atoms with Crippen LogP contribution >= 0.6 is 0 Å². The smallest absolute Gasteiger partial charge is 0.264 e. The number of hydrogen-bond donors (Lipinski definition) is 2. The quantitative estimate of drug-likeness (QED) is 0.520. The molecule has 2 rings (SSSR count). The van der Waals surface area contributed by atoms with Crippen molar-refractivity contribution >= 4 is 27.6 Å². The fourth-order valence-corrected chi connectivity index (χ4v) is 3.90. The molecule has 0 saturated carbocycles. The van der Waals surface area contributed by atoms with Gasteiger partial charge in [0.1, 0.15) is 0 Å². The van der Waals surface area contributed by atoms with Gasteiger partial charge < -0.3 is 5.32 Å². The summed E-state index contributed by atoms with van der Waals surface area (Å²) in [6, 6.07) is 7.82. The summed E-state index contributed by atoms with van der Waals surface area (Å²) < 4.78 is 27.4. The fourth-order valence-electron chi connectivity index (χ4n) is 2.96. The Morgan fingerprint density at radius 3 is 2.14 bits per heavy atom. The molecule has 2 N–H and O–H groups in total. The van der Waals surface area contributed by atoms with Gasteiger partial charge in [-0.3, -0.25) is 4.79 Å². The molecule has 7 nitrogen and oxygen atoms in total. The summed E-state index contributed by atoms with van der Waals surface area (Å²) in [6.45, 7) is 5.72. The molecule has 1 aromatic heterocycles. The third kappa shape index (κ3) is 7.81. The Bertz CT molecular complexity index is 892. The molecule has 1 heterocycles. The van der Waals surface area contributed by atoms with E-state index in [1.165, 1.54) is 31.4 Å². The Balaban J connectivity index is 1.89. The normalized spacial score (nSPS) is 11.3. The number of benzene rings is 1. The van der Waals surface area contributed by atoms with Crippen LogP contribution in [0.1, 0.15) is 63.3 Å². The second kappa shape index (κ2) is 10.9. The van der Waals surface area contributed by atoms with Gasteiger partial charge in [0.15, 0.2) is 0 Å². The van der Waals surface area contributed by atoms with Gasteiger partial charge in [-0.05, 0) is 50.6 Å². The molecule has 0 atom stereocenters. The molecule has 0 bridgehead atoms. The molecule has 158 valence electrons. The zero-order valence-electron chi connectivity index (χ0n) is 17.4. The van der Waals surface area contributed by atoms with Crippen molar-refractivity contribution in [2.45, 2.75) is 70.6 Å². The Morgan fingerprint density at radius 1 is 0.931 bits per heavy atom. The van der Waals surface area contributed by atoms with Crippen molar-refractivity contribution < 1.29 is 13.2 Å². The van der Waals surface area contributed by atoms with Gasteiger partial charge in [-0.2, -0.15) is 0 Å². The lowest BCUT2D eigenvalue weighted by atomic mass is 10.1. The van der Waals surface area contributed by atoms with Crippen LogP contribution in [-0.4, -0.2) is 24.3 Å². The Hall–Kier alpha value is -2.48. The van der Waals surface area contributed by atoms with E-state index in [0.717, 1.165) is 19.3 Å². The minimum Gasteiger partial charge on any atom is -0.326 e. The van der Waals surface area contributed by atoms with E-state index in [1.54, 1.807) is 32.0 Å². The molecule has 0 unspecified atom stereocenters. The third-order valence-corrected chi connectivity index (χ3v) is 5.76. The van der Waals surface area contributed by atoms with Crippen molar-refractivity contribution in [1.82, 2.24) is 9.97 Å². The van der Waals surface area contributed by atoms with E-state index in [-0.39, 0.29) is 16.8 Å². The minimum atomic E-state index is -3.81. The monoisotopic (exact) mass is 418 g/mol. The summed E-state index contributed by atoms with van der Waals surface area (Å²) in [6.07, 6.45) is 7.21. The van der Waals surface area contributed by atoms with Gasteiger partial charge >= 0.3 is 0 Å². The van der Waals surface area contributed by atoms with Gasteiger partial charge in [-0.1, -0.05) is 39.0 Å². The number of anilines is 2. The largest absolute Gasteiger partial charge is 0.326 e. The molecule has 1 amide bonds. The highest BCUT2D eigenvalue weighted by atomic mass is 32.2. The molecule has 2 aromatic rings. The number of rotatable bonds is 11. The van der Waals surface area contributed by atoms with Crippen LogP contribution in [0.5, 0.6) is 0 Å². The number of aryl methyl sites for hydroxylation is 2. The lowest BCUT2D eigenvalue weighted by Gasteiger charge is -2.09. The van der Waals surface area contributed by atoms with E-state index in [2.05, 4.69) is 26.9 Å². The standard InChI is InChI=1S/C21H30N4O3S/c1-4-5-6-7-8-9-10-20(26)24-18-11-13-19(14-12-18)29(27,28)25-21-22-16(2)15-17(3)23-21/h11-15H,4-10H2,1-3H3,(H,24,26)(H,22,23,25). The Morgan fingerprint density at radius 2 is 1.52 bits per heavy atom. The van der Waals surface area contributed by atoms with Gasteiger partial charge in [0.2, 0.25) is 11.9 Å². The zero-order chi connectivity index (χ0) is 21.3. The molecule has 0 aliphatic carbocycles. The second-order valence-electron chi connectivity index (χ2n) is 7.17. The van der Waals surface area contributed by atoms with Gasteiger partial charge in [0.25, 0.3) is 10.0 Å². The van der Waals surface area contributed by atoms with Crippen molar-refractivity contribution in [3.05, 3.63) is 41.7 Å². The lowest BCUT2D eigenvalue weighted by Crippen LogP contribution is -2.16. The molecule has 0 saturated heterocycles. The average Bonchev–Trinajstić information content (AvgIpc) is 2.64. The first kappa shape index (κ1) is 22.8. The maximum absolute atomic E-state index is 12.5. The van der Waals surface area contributed by atoms with Crippen LogP contribution < -0.4 is 10.0 Å². The Labute approximate surface area is 173 Å². The van der Waals surface area contributed by atoms with Crippen LogP contribution in [0.4, 0.5) is 11.6 Å². The molecule has 29 heavy (non-hydrogen) atoms. The maximum atomic E-state index is 12.5. The van der Waals surface area contributed by atoms with Crippen LogP contribution in [-0.2, 0) is 14.8 Å². The van der Waals surface area contributed by atoms with Gasteiger partial charge in [0.05, 0.1) is 4.90 Å². The van der Waals surface area contributed by atoms with Crippen LogP contribution in [0.15, 0.2) is 35.2 Å². The number of hydrogen-bond acceptors (Lipinski definition) is 5. The average molecular weight is 419 g/mol. The molecular weight excluding hydrogens is 388 g/mol. The number of sulfonamides is 1. The van der Waals surface area contributed by atoms with Crippen molar-refractivity contribution in [1.29, 1.82) is 0 Å². The van der Waals surface area contributed by atoms with Gasteiger partial charge in [-0.25, -0.2) is 23.1 Å². The van der Waals surface area contributed by atoms with E-state index in [1.807, 2.05) is 0 Å². The lowest BCUT2D eigenvalue weighted by molar-refractivity contribution is -0.116. The highest BCUT2D eigenvalue weighted by Gasteiger charge is 2.16. The number of amides is 1. The van der Waals surface area contributed by atoms with Crippen LogP contribution in [0.3, 0.4) is 0 Å². The summed E-state index contributed by atoms with van der Waals surface area (Å²) in [5.74, 6) is -0.0170. The summed E-state index contributed by atoms with van der Waals surface area (Å²) in [5, 5.41) is 2.81. The van der Waals surface area contributed by atoms with E-state index in [4.69, 9.17) is 0 Å². The Kier molecular flexibility index (Phi) is 8.57. The first-order valence-corrected chi connectivity index (χ1v) is 11.5. The number of carbonyl (C=O) groups excluding carboxylic acids is 1. The van der Waals surface area contributed by atoms with Crippen LogP contribution in [0.25, 0.3) is 0 Å². The number of nitrogens with one attached hydrogen (secondary N) is 2. The molecule has 1 aromatic carbocycles. The molecule has 0 spiro atoms. The SMILES string of the molecule is CCCCCCCCC(=O)Nc1ccc(S(=O)(=O)Nc2nc(C)cc(C)n2)cc1. The van der Waals surface area contributed by atoms with Crippen molar-refractivity contribution in [3.8, 4) is 0 Å².